The Hall–Kier alpha value is -9.48. The van der Waals surface area contributed by atoms with E-state index in [-0.39, 0.29) is 167 Å². The summed E-state index contributed by atoms with van der Waals surface area (Å²) >= 11 is 0. The van der Waals surface area contributed by atoms with E-state index in [2.05, 4.69) is 52.8 Å². The summed E-state index contributed by atoms with van der Waals surface area (Å²) in [6.45, 7) is 1.13. The number of phenolic OH excluding ortho intramolecular Hbond substituents is 1. The second-order valence-corrected chi connectivity index (χ2v) is 22.5. The SMILES string of the molecule is CCC(=O)NCCNC(=O)NC(N)=NCCC[C@@H](NC(=O)C(c1cccc(NC(=O)CCCNC(=O)[C@@H](CO)NC(=O)CCNC(=O)CN2CCN(CC(=O)O)CCN(CC(=O)O)CCN(CC(=O)O)CC2)c1)N1Cc2ccccc2C1)C(=O)NCc1c(F)cc(O)cc1F. The van der Waals surface area contributed by atoms with Crippen molar-refractivity contribution in [1.82, 2.24) is 67.0 Å². The Labute approximate surface area is 546 Å². The predicted octanol–water partition coefficient (Wildman–Crippen LogP) is -2.26. The highest BCUT2D eigenvalue weighted by molar-refractivity contribution is 5.95. The largest absolute Gasteiger partial charge is 0.508 e. The van der Waals surface area contributed by atoms with Gasteiger partial charge in [-0.25, -0.2) is 13.6 Å². The number of fused-ring (bicyclic) bond motifs is 1. The molecule has 1 unspecified atom stereocenters. The number of aliphatic hydroxyl groups excluding tert-OH is 1. The van der Waals surface area contributed by atoms with E-state index in [1.807, 2.05) is 29.2 Å². The molecule has 0 aromatic heterocycles. The number of carboxylic acids is 3. The molecule has 3 aromatic rings. The number of anilines is 1. The Balaban J connectivity index is 1.15. The third-order valence-electron chi connectivity index (χ3n) is 15.2. The van der Waals surface area contributed by atoms with Gasteiger partial charge in [-0.2, -0.15) is 0 Å². The van der Waals surface area contributed by atoms with Crippen LogP contribution in [0.1, 0.15) is 73.7 Å². The summed E-state index contributed by atoms with van der Waals surface area (Å²) in [6.07, 6.45) is -0.0456. The number of guanidine groups is 1. The number of carbonyl (C=O) groups excluding carboxylic acids is 8. The fourth-order valence-electron chi connectivity index (χ4n) is 10.3. The van der Waals surface area contributed by atoms with Gasteiger partial charge in [0.25, 0.3) is 0 Å². The molecule has 2 aliphatic rings. The number of aliphatic imine (C=N–C) groups is 1. The van der Waals surface area contributed by atoms with E-state index in [0.717, 1.165) is 11.1 Å². The van der Waals surface area contributed by atoms with E-state index in [0.29, 0.717) is 30.8 Å². The minimum Gasteiger partial charge on any atom is -0.508 e. The van der Waals surface area contributed by atoms with Gasteiger partial charge in [0.15, 0.2) is 5.96 Å². The summed E-state index contributed by atoms with van der Waals surface area (Å²) in [4.78, 5) is 152. The van der Waals surface area contributed by atoms with E-state index >= 15 is 0 Å². The molecule has 3 atom stereocenters. The van der Waals surface area contributed by atoms with Gasteiger partial charge in [-0.3, -0.25) is 82.8 Å². The lowest BCUT2D eigenvalue weighted by Crippen LogP contribution is -2.50. The van der Waals surface area contributed by atoms with Crippen LogP contribution >= 0.6 is 0 Å². The van der Waals surface area contributed by atoms with E-state index in [9.17, 15) is 87.1 Å². The predicted molar refractivity (Wildman–Crippen MR) is 338 cm³/mol. The summed E-state index contributed by atoms with van der Waals surface area (Å²) in [5.41, 5.74) is 7.92. The average molecular weight is 1340 g/mol. The number of benzene rings is 3. The van der Waals surface area contributed by atoms with Gasteiger partial charge in [0.2, 0.25) is 41.4 Å². The minimum absolute atomic E-state index is 0.0556. The molecule has 16 N–H and O–H groups in total. The van der Waals surface area contributed by atoms with Crippen LogP contribution in [0.4, 0.5) is 19.3 Å². The number of aliphatic carboxylic acids is 3. The molecule has 2 aliphatic heterocycles. The second-order valence-electron chi connectivity index (χ2n) is 22.5. The molecule has 95 heavy (non-hydrogen) atoms. The number of hydrogen-bond acceptors (Lipinski definition) is 19. The molecule has 520 valence electrons. The third-order valence-corrected chi connectivity index (χ3v) is 15.2. The Kier molecular flexibility index (Phi) is 32.0. The normalized spacial score (nSPS) is 15.4. The Morgan fingerprint density at radius 3 is 1.68 bits per heavy atom. The van der Waals surface area contributed by atoms with Gasteiger partial charge >= 0.3 is 23.9 Å². The number of nitrogens with one attached hydrogen (secondary N) is 9. The number of urea groups is 1. The number of rotatable bonds is 34. The van der Waals surface area contributed by atoms with E-state index < -0.39 is 114 Å². The molecule has 1 saturated heterocycles. The number of phenols is 1. The molecular formula is C61H86F2N16O16. The number of aliphatic hydroxyl groups is 1. The molecule has 0 bridgehead atoms. The zero-order valence-electron chi connectivity index (χ0n) is 52.8. The van der Waals surface area contributed by atoms with Gasteiger partial charge in [-0.1, -0.05) is 43.3 Å². The lowest BCUT2D eigenvalue weighted by Gasteiger charge is -2.32. The molecule has 9 amide bonds. The quantitative estimate of drug-likeness (QED) is 0.0170. The molecule has 0 aliphatic carbocycles. The highest BCUT2D eigenvalue weighted by atomic mass is 19.1. The number of hydrogen-bond donors (Lipinski definition) is 15. The lowest BCUT2D eigenvalue weighted by molar-refractivity contribution is -0.140. The van der Waals surface area contributed by atoms with Gasteiger partial charge in [0.05, 0.1) is 32.8 Å². The lowest BCUT2D eigenvalue weighted by atomic mass is 10.0. The molecule has 32 nitrogen and oxygen atoms in total. The Morgan fingerprint density at radius 1 is 0.579 bits per heavy atom. The number of nitrogens with two attached hydrogens (primary N) is 1. The molecule has 2 heterocycles. The van der Waals surface area contributed by atoms with Crippen molar-refractivity contribution in [3.8, 4) is 5.75 Å². The highest BCUT2D eigenvalue weighted by Gasteiger charge is 2.35. The van der Waals surface area contributed by atoms with Crippen LogP contribution < -0.4 is 53.6 Å². The Bertz CT molecular complexity index is 3100. The molecule has 0 saturated carbocycles. The monoisotopic (exact) mass is 1340 g/mol. The first-order chi connectivity index (χ1) is 45.4. The first-order valence-corrected chi connectivity index (χ1v) is 31.0. The van der Waals surface area contributed by atoms with E-state index in [1.54, 1.807) is 50.8 Å². The highest BCUT2D eigenvalue weighted by Crippen LogP contribution is 2.33. The van der Waals surface area contributed by atoms with Gasteiger partial charge in [0, 0.05) is 147 Å². The summed E-state index contributed by atoms with van der Waals surface area (Å²) < 4.78 is 29.6. The van der Waals surface area contributed by atoms with Gasteiger partial charge in [-0.15, -0.1) is 0 Å². The molecular weight excluding hydrogens is 1250 g/mol. The zero-order chi connectivity index (χ0) is 69.4. The average Bonchev–Trinajstić information content (AvgIpc) is 1.67. The number of carboxylic acid groups (broad SMARTS) is 3. The van der Waals surface area contributed by atoms with Gasteiger partial charge in [0.1, 0.15) is 35.5 Å². The summed E-state index contributed by atoms with van der Waals surface area (Å²) in [7, 11) is 0. The topological polar surface area (TPSA) is 452 Å². The number of carbonyl (C=O) groups is 11. The van der Waals surface area contributed by atoms with Crippen molar-refractivity contribution in [2.45, 2.75) is 83.2 Å². The number of nitrogens with zero attached hydrogens (tertiary/aromatic N) is 6. The standard InChI is InChI=1S/C61H86F2N16O16/c1-2-49(82)66-18-19-69-61(95)74-60(64)68-16-6-12-47(57(92)70-31-44-45(62)29-43(81)30-46(44)63)73-59(94)56(79-32-40-8-3-4-9-41(40)33-79)39-10-5-11-42(28-39)71-50(83)13-7-15-67-58(93)48(38-80)72-51(84)14-17-65-52(85)34-75-20-22-76(35-53(86)87)24-26-78(37-55(90)91)27-25-77(23-21-75)36-54(88)89/h3-5,8-11,28-30,47-48,56,80-81H,2,6-7,12-27,31-38H2,1H3,(H,65,85)(H,66,82)(H,67,93)(H,70,92)(H,71,83)(H,72,84)(H,73,94)(H,86,87)(H,88,89)(H,90,91)(H4,64,68,69,74,95)/t47-,48-,56?/m1/s1. The van der Waals surface area contributed by atoms with Crippen LogP contribution in [-0.2, 0) is 67.6 Å². The van der Waals surface area contributed by atoms with Gasteiger partial charge < -0.3 is 73.8 Å². The van der Waals surface area contributed by atoms with Crippen LogP contribution in [0.15, 0.2) is 65.7 Å². The van der Waals surface area contributed by atoms with Gasteiger partial charge in [-0.05, 0) is 48.1 Å². The molecule has 1 fully saturated rings. The fraction of sp³-hybridized carbons (Fsp3) is 0.508. The van der Waals surface area contributed by atoms with Crippen LogP contribution in [0.25, 0.3) is 0 Å². The molecule has 3 aromatic carbocycles. The second kappa shape index (κ2) is 39.9. The first-order valence-electron chi connectivity index (χ1n) is 31.0. The molecule has 34 heteroatoms. The van der Waals surface area contributed by atoms with Crippen LogP contribution in [0.5, 0.6) is 5.75 Å². The Morgan fingerprint density at radius 2 is 1.13 bits per heavy atom. The number of amides is 9. The van der Waals surface area contributed by atoms with E-state index in [4.69, 9.17) is 5.73 Å². The van der Waals surface area contributed by atoms with Crippen LogP contribution in [0.3, 0.4) is 0 Å². The molecule has 0 spiro atoms. The third kappa shape index (κ3) is 27.9. The maximum Gasteiger partial charge on any atom is 0.321 e. The number of halogens is 2. The zero-order valence-corrected chi connectivity index (χ0v) is 52.8. The summed E-state index contributed by atoms with van der Waals surface area (Å²) in [5, 5.41) is 71.3. The molecule has 0 radical (unpaired) electrons. The maximum atomic E-state index is 14.8. The van der Waals surface area contributed by atoms with Crippen LogP contribution in [0, 0.1) is 11.6 Å². The van der Waals surface area contributed by atoms with Crippen molar-refractivity contribution < 1.29 is 87.1 Å². The van der Waals surface area contributed by atoms with Crippen molar-refractivity contribution >= 4 is 76.9 Å². The van der Waals surface area contributed by atoms with Crippen molar-refractivity contribution in [2.24, 2.45) is 10.7 Å². The molecule has 5 rings (SSSR count). The van der Waals surface area contributed by atoms with Crippen molar-refractivity contribution in [1.29, 1.82) is 0 Å². The summed E-state index contributed by atoms with van der Waals surface area (Å²) in [6, 6.07) is 10.8. The number of aromatic hydroxyl groups is 1. The van der Waals surface area contributed by atoms with Crippen molar-refractivity contribution in [3.63, 3.8) is 0 Å². The van der Waals surface area contributed by atoms with Crippen LogP contribution in [0.2, 0.25) is 0 Å². The van der Waals surface area contributed by atoms with Crippen molar-refractivity contribution in [3.05, 3.63) is 94.6 Å². The first kappa shape index (κ1) is 76.2. The van der Waals surface area contributed by atoms with E-state index in [1.165, 1.54) is 0 Å². The summed E-state index contributed by atoms with van der Waals surface area (Å²) in [5.74, 6) is -10.6. The van der Waals surface area contributed by atoms with Crippen LogP contribution in [-0.4, -0.2) is 251 Å². The minimum atomic E-state index is -1.39. The maximum absolute atomic E-state index is 14.8. The fourth-order valence-corrected chi connectivity index (χ4v) is 10.3. The smallest absolute Gasteiger partial charge is 0.321 e. The van der Waals surface area contributed by atoms with Crippen molar-refractivity contribution in [2.75, 3.05) is 123 Å².